The molecule has 0 bridgehead atoms. The molecule has 1 aromatic heterocycles. The second-order valence-corrected chi connectivity index (χ2v) is 6.65. The molecule has 2 atom stereocenters. The number of aliphatic imine (C=N–C) groups is 1. The molecule has 2 aromatic carbocycles. The van der Waals surface area contributed by atoms with Gasteiger partial charge in [-0.25, -0.2) is 18.4 Å². The zero-order valence-corrected chi connectivity index (χ0v) is 15.9. The molecule has 0 saturated carbocycles. The number of aromatic nitrogens is 3. The van der Waals surface area contributed by atoms with Crippen molar-refractivity contribution in [1.29, 1.82) is 0 Å². The third-order valence-electron chi connectivity index (χ3n) is 4.59. The molecule has 0 fully saturated rings. The molecule has 6 nitrogen and oxygen atoms in total. The number of nitrogens with zero attached hydrogens (tertiary/aromatic N) is 4. The molecule has 152 valence electrons. The van der Waals surface area contributed by atoms with Gasteiger partial charge in [0, 0.05) is 17.8 Å². The molecule has 0 unspecified atom stereocenters. The summed E-state index contributed by atoms with van der Waals surface area (Å²) in [5.74, 6) is -1.57. The first-order valence-corrected chi connectivity index (χ1v) is 9.12. The molecule has 0 aliphatic carbocycles. The second-order valence-electron chi connectivity index (χ2n) is 6.65. The van der Waals surface area contributed by atoms with E-state index < -0.39 is 23.3 Å². The summed E-state index contributed by atoms with van der Waals surface area (Å²) in [4.78, 5) is 8.17. The van der Waals surface area contributed by atoms with Gasteiger partial charge in [-0.05, 0) is 18.6 Å². The van der Waals surface area contributed by atoms with Crippen LogP contribution < -0.4 is 0 Å². The van der Waals surface area contributed by atoms with Gasteiger partial charge in [-0.15, -0.1) is 0 Å². The highest BCUT2D eigenvalue weighted by atomic mass is 19.1. The van der Waals surface area contributed by atoms with Crippen molar-refractivity contribution in [2.24, 2.45) is 4.99 Å². The zero-order chi connectivity index (χ0) is 20.7. The summed E-state index contributed by atoms with van der Waals surface area (Å²) in [5.41, 5.74) is -0.796. The van der Waals surface area contributed by atoms with Crippen molar-refractivity contribution < 1.29 is 18.6 Å². The fraction of sp³-hybridized carbons (Fsp3) is 0.286. The molecule has 1 heterocycles. The number of hydrogen-bond acceptors (Lipinski definition) is 5. The summed E-state index contributed by atoms with van der Waals surface area (Å²) in [6.45, 7) is 2.20. The van der Waals surface area contributed by atoms with Crippen LogP contribution in [-0.2, 0) is 23.5 Å². The largest absolute Gasteiger partial charge is 0.381 e. The Morgan fingerprint density at radius 2 is 2.03 bits per heavy atom. The van der Waals surface area contributed by atoms with E-state index in [-0.39, 0.29) is 18.7 Å². The number of hydrogen-bond donors (Lipinski definition) is 1. The SMILES string of the molecule is C[C@@H](N=CCOCc1ccccc1)[C@](O)(Cn1cncn1)c1ccc(F)cc1F. The summed E-state index contributed by atoms with van der Waals surface area (Å²) in [7, 11) is 0. The van der Waals surface area contributed by atoms with E-state index in [1.165, 1.54) is 29.6 Å². The van der Waals surface area contributed by atoms with Gasteiger partial charge in [-0.3, -0.25) is 4.99 Å². The third-order valence-corrected chi connectivity index (χ3v) is 4.59. The van der Waals surface area contributed by atoms with Crippen molar-refractivity contribution in [1.82, 2.24) is 14.8 Å². The molecule has 29 heavy (non-hydrogen) atoms. The predicted molar refractivity (Wildman–Crippen MR) is 104 cm³/mol. The predicted octanol–water partition coefficient (Wildman–Crippen LogP) is 3.12. The van der Waals surface area contributed by atoms with Crippen molar-refractivity contribution in [2.45, 2.75) is 31.7 Å². The van der Waals surface area contributed by atoms with E-state index in [0.29, 0.717) is 6.61 Å². The van der Waals surface area contributed by atoms with Gasteiger partial charge >= 0.3 is 0 Å². The fourth-order valence-corrected chi connectivity index (χ4v) is 2.97. The highest BCUT2D eigenvalue weighted by Crippen LogP contribution is 2.31. The van der Waals surface area contributed by atoms with Gasteiger partial charge in [0.2, 0.25) is 0 Å². The van der Waals surface area contributed by atoms with E-state index >= 15 is 0 Å². The van der Waals surface area contributed by atoms with E-state index in [1.54, 1.807) is 6.92 Å². The van der Waals surface area contributed by atoms with Gasteiger partial charge in [-0.1, -0.05) is 36.4 Å². The van der Waals surface area contributed by atoms with Crippen molar-refractivity contribution >= 4 is 6.21 Å². The number of ether oxygens (including phenoxy) is 1. The maximum Gasteiger partial charge on any atom is 0.137 e. The maximum absolute atomic E-state index is 14.4. The zero-order valence-electron chi connectivity index (χ0n) is 15.9. The lowest BCUT2D eigenvalue weighted by Gasteiger charge is -2.32. The molecule has 0 aliphatic rings. The first kappa shape index (κ1) is 20.8. The minimum Gasteiger partial charge on any atom is -0.381 e. The van der Waals surface area contributed by atoms with Crippen LogP contribution in [0.3, 0.4) is 0 Å². The molecular weight excluding hydrogens is 378 g/mol. The monoisotopic (exact) mass is 400 g/mol. The van der Waals surface area contributed by atoms with E-state index in [9.17, 15) is 13.9 Å². The summed E-state index contributed by atoms with van der Waals surface area (Å²) < 4.78 is 34.7. The number of rotatable bonds is 9. The van der Waals surface area contributed by atoms with Crippen LogP contribution >= 0.6 is 0 Å². The molecule has 0 aliphatic heterocycles. The van der Waals surface area contributed by atoms with Crippen LogP contribution in [-0.4, -0.2) is 38.7 Å². The Balaban J connectivity index is 1.72. The van der Waals surface area contributed by atoms with E-state index in [1.807, 2.05) is 30.3 Å². The molecule has 1 N–H and O–H groups in total. The summed E-state index contributed by atoms with van der Waals surface area (Å²) in [6.07, 6.45) is 4.25. The summed E-state index contributed by atoms with van der Waals surface area (Å²) in [6, 6.07) is 12.0. The molecule has 0 radical (unpaired) electrons. The molecular formula is C21H22F2N4O2. The molecule has 0 saturated heterocycles. The van der Waals surface area contributed by atoms with E-state index in [2.05, 4.69) is 15.1 Å². The number of aliphatic hydroxyl groups is 1. The first-order chi connectivity index (χ1) is 14.0. The van der Waals surface area contributed by atoms with Crippen molar-refractivity contribution in [2.75, 3.05) is 6.61 Å². The van der Waals surface area contributed by atoms with Crippen LogP contribution in [0.2, 0.25) is 0 Å². The smallest absolute Gasteiger partial charge is 0.137 e. The van der Waals surface area contributed by atoms with E-state index in [4.69, 9.17) is 4.74 Å². The van der Waals surface area contributed by atoms with Gasteiger partial charge in [0.05, 0.1) is 25.8 Å². The van der Waals surface area contributed by atoms with Gasteiger partial charge < -0.3 is 9.84 Å². The maximum atomic E-state index is 14.4. The second kappa shape index (κ2) is 9.49. The molecule has 3 rings (SSSR count). The van der Waals surface area contributed by atoms with Gasteiger partial charge in [0.15, 0.2) is 0 Å². The highest BCUT2D eigenvalue weighted by Gasteiger charge is 2.39. The van der Waals surface area contributed by atoms with Crippen molar-refractivity contribution in [3.05, 3.63) is 83.9 Å². The Kier molecular flexibility index (Phi) is 6.79. The number of halogens is 2. The van der Waals surface area contributed by atoms with Crippen molar-refractivity contribution in [3.8, 4) is 0 Å². The Bertz CT molecular complexity index is 935. The average Bonchev–Trinajstić information content (AvgIpc) is 3.21. The Hall–Kier alpha value is -2.97. The fourth-order valence-electron chi connectivity index (χ4n) is 2.97. The van der Waals surface area contributed by atoms with Gasteiger partial charge in [-0.2, -0.15) is 5.10 Å². The molecule has 8 heteroatoms. The minimum absolute atomic E-state index is 0.0655. The highest BCUT2D eigenvalue weighted by molar-refractivity contribution is 5.59. The van der Waals surface area contributed by atoms with Gasteiger partial charge in [0.1, 0.15) is 29.9 Å². The quantitative estimate of drug-likeness (QED) is 0.443. The average molecular weight is 400 g/mol. The summed E-state index contributed by atoms with van der Waals surface area (Å²) >= 11 is 0. The Morgan fingerprint density at radius 3 is 2.72 bits per heavy atom. The lowest BCUT2D eigenvalue weighted by atomic mass is 9.86. The summed E-state index contributed by atoms with van der Waals surface area (Å²) in [5, 5.41) is 15.3. The lowest BCUT2D eigenvalue weighted by Crippen LogP contribution is -2.42. The minimum atomic E-state index is -1.76. The van der Waals surface area contributed by atoms with Crippen LogP contribution in [0.1, 0.15) is 18.1 Å². The molecule has 0 amide bonds. The van der Waals surface area contributed by atoms with Crippen LogP contribution in [0.15, 0.2) is 66.2 Å². The molecule has 3 aromatic rings. The van der Waals surface area contributed by atoms with Crippen LogP contribution in [0.25, 0.3) is 0 Å². The topological polar surface area (TPSA) is 72.5 Å². The van der Waals surface area contributed by atoms with Gasteiger partial charge in [0.25, 0.3) is 0 Å². The lowest BCUT2D eigenvalue weighted by molar-refractivity contribution is -0.00781. The number of benzene rings is 2. The standard InChI is InChI=1S/C21H22F2N4O2/c1-16(25-9-10-29-12-17-5-3-2-4-6-17)21(28,13-27-15-24-14-26-27)19-8-7-18(22)11-20(19)23/h2-9,11,14-16,28H,10,12-13H2,1H3/t16-,21-/m1/s1. The normalized spacial score (nSPS) is 14.8. The Labute approximate surface area is 167 Å². The third kappa shape index (κ3) is 5.30. The Morgan fingerprint density at radius 1 is 1.24 bits per heavy atom. The van der Waals surface area contributed by atoms with Crippen LogP contribution in [0.4, 0.5) is 8.78 Å². The van der Waals surface area contributed by atoms with E-state index in [0.717, 1.165) is 17.7 Å². The van der Waals surface area contributed by atoms with Crippen molar-refractivity contribution in [3.63, 3.8) is 0 Å². The molecule has 0 spiro atoms. The first-order valence-electron chi connectivity index (χ1n) is 9.12. The van der Waals surface area contributed by atoms with Crippen LogP contribution in [0.5, 0.6) is 0 Å². The van der Waals surface area contributed by atoms with Crippen LogP contribution in [0, 0.1) is 11.6 Å².